The van der Waals surface area contributed by atoms with Crippen LogP contribution in [-0.2, 0) is 9.59 Å². The fraction of sp³-hybridized carbons (Fsp3) is 0.300. The summed E-state index contributed by atoms with van der Waals surface area (Å²) in [6.45, 7) is 4.37. The van der Waals surface area contributed by atoms with Gasteiger partial charge in [0, 0.05) is 24.7 Å². The molecule has 138 valence electrons. The van der Waals surface area contributed by atoms with Gasteiger partial charge in [-0.3, -0.25) is 9.59 Å². The lowest BCUT2D eigenvalue weighted by Gasteiger charge is -2.11. The van der Waals surface area contributed by atoms with Crippen molar-refractivity contribution in [2.75, 3.05) is 23.8 Å². The summed E-state index contributed by atoms with van der Waals surface area (Å²) in [6.07, 6.45) is 0.945. The number of anilines is 2. The first-order chi connectivity index (χ1) is 12.6. The van der Waals surface area contributed by atoms with Crippen LogP contribution in [0.15, 0.2) is 48.5 Å². The topological polar surface area (TPSA) is 76.7 Å². The van der Waals surface area contributed by atoms with Gasteiger partial charge in [0.05, 0.1) is 13.2 Å². The van der Waals surface area contributed by atoms with Gasteiger partial charge < -0.3 is 20.1 Å². The van der Waals surface area contributed by atoms with Crippen molar-refractivity contribution >= 4 is 23.2 Å². The highest BCUT2D eigenvalue weighted by Gasteiger charge is 2.06. The van der Waals surface area contributed by atoms with Crippen LogP contribution in [0.1, 0.15) is 26.7 Å². The number of carbonyl (C=O) groups excluding carboxylic acids is 2. The molecule has 0 aliphatic carbocycles. The normalized spacial score (nSPS) is 10.1. The molecule has 2 amide bonds. The molecule has 0 spiro atoms. The molecule has 6 nitrogen and oxygen atoms in total. The van der Waals surface area contributed by atoms with E-state index in [-0.39, 0.29) is 11.8 Å². The zero-order chi connectivity index (χ0) is 18.8. The van der Waals surface area contributed by atoms with E-state index in [4.69, 9.17) is 9.47 Å². The second kappa shape index (κ2) is 10.1. The number of hydrogen-bond donors (Lipinski definition) is 2. The molecule has 0 radical (unpaired) electrons. The maximum atomic E-state index is 12.0. The number of hydrogen-bond acceptors (Lipinski definition) is 4. The van der Waals surface area contributed by atoms with E-state index in [1.807, 2.05) is 31.2 Å². The van der Waals surface area contributed by atoms with Crippen molar-refractivity contribution in [3.63, 3.8) is 0 Å². The second-order valence-electron chi connectivity index (χ2n) is 5.64. The molecule has 0 saturated carbocycles. The van der Waals surface area contributed by atoms with Crippen molar-refractivity contribution in [2.45, 2.75) is 26.7 Å². The van der Waals surface area contributed by atoms with Gasteiger partial charge in [0.2, 0.25) is 11.8 Å². The van der Waals surface area contributed by atoms with Crippen molar-refractivity contribution in [1.29, 1.82) is 0 Å². The van der Waals surface area contributed by atoms with Crippen molar-refractivity contribution < 1.29 is 19.1 Å². The average Bonchev–Trinajstić information content (AvgIpc) is 2.61. The summed E-state index contributed by atoms with van der Waals surface area (Å²) >= 11 is 0. The smallest absolute Gasteiger partial charge is 0.224 e. The molecule has 0 aliphatic rings. The molecule has 26 heavy (non-hydrogen) atoms. The van der Waals surface area contributed by atoms with Gasteiger partial charge in [-0.15, -0.1) is 0 Å². The van der Waals surface area contributed by atoms with Crippen molar-refractivity contribution in [3.8, 4) is 11.5 Å². The number of carbonyl (C=O) groups is 2. The third kappa shape index (κ3) is 6.47. The predicted octanol–water partition coefficient (Wildman–Crippen LogP) is 3.84. The van der Waals surface area contributed by atoms with Crippen LogP contribution in [0.3, 0.4) is 0 Å². The van der Waals surface area contributed by atoms with Crippen LogP contribution >= 0.6 is 0 Å². The minimum absolute atomic E-state index is 0.0843. The van der Waals surface area contributed by atoms with Crippen LogP contribution in [0, 0.1) is 0 Å². The van der Waals surface area contributed by atoms with Crippen LogP contribution in [0.4, 0.5) is 11.4 Å². The molecule has 0 heterocycles. The fourth-order valence-corrected chi connectivity index (χ4v) is 2.32. The first kappa shape index (κ1) is 19.3. The Morgan fingerprint density at radius 3 is 2.04 bits per heavy atom. The van der Waals surface area contributed by atoms with E-state index in [0.29, 0.717) is 48.9 Å². The molecule has 6 heteroatoms. The number of amides is 2. The molecule has 0 aromatic heterocycles. The van der Waals surface area contributed by atoms with E-state index >= 15 is 0 Å². The summed E-state index contributed by atoms with van der Waals surface area (Å²) in [6, 6.07) is 14.5. The monoisotopic (exact) mass is 356 g/mol. The Bertz CT molecular complexity index is 729. The number of ether oxygens (including phenoxy) is 2. The molecular weight excluding hydrogens is 332 g/mol. The largest absolute Gasteiger partial charge is 0.490 e. The molecule has 0 fully saturated rings. The lowest BCUT2D eigenvalue weighted by molar-refractivity contribution is -0.116. The SMILES string of the molecule is CCOc1ccccc1OCCCC(=O)Nc1ccc(NC(C)=O)cc1. The molecule has 0 saturated heterocycles. The molecule has 2 aromatic rings. The molecule has 0 atom stereocenters. The highest BCUT2D eigenvalue weighted by molar-refractivity contribution is 5.92. The lowest BCUT2D eigenvalue weighted by atomic mass is 10.2. The van der Waals surface area contributed by atoms with Gasteiger partial charge in [-0.25, -0.2) is 0 Å². The Balaban J connectivity index is 1.73. The van der Waals surface area contributed by atoms with Crippen LogP contribution in [0.25, 0.3) is 0 Å². The standard InChI is InChI=1S/C20H24N2O4/c1-3-25-18-7-4-5-8-19(18)26-14-6-9-20(24)22-17-12-10-16(11-13-17)21-15(2)23/h4-5,7-8,10-13H,3,6,9,14H2,1-2H3,(H,21,23)(H,22,24). The molecule has 2 rings (SSSR count). The van der Waals surface area contributed by atoms with Gasteiger partial charge in [-0.05, 0) is 49.7 Å². The highest BCUT2D eigenvalue weighted by atomic mass is 16.5. The summed E-state index contributed by atoms with van der Waals surface area (Å²) in [5, 5.41) is 5.50. The van der Waals surface area contributed by atoms with E-state index in [2.05, 4.69) is 10.6 Å². The van der Waals surface area contributed by atoms with Crippen molar-refractivity contribution in [2.24, 2.45) is 0 Å². The van der Waals surface area contributed by atoms with E-state index < -0.39 is 0 Å². The molecule has 2 aromatic carbocycles. The predicted molar refractivity (Wildman–Crippen MR) is 102 cm³/mol. The Morgan fingerprint density at radius 2 is 1.46 bits per heavy atom. The molecule has 0 unspecified atom stereocenters. The molecular formula is C20H24N2O4. The van der Waals surface area contributed by atoms with Gasteiger partial charge in [-0.2, -0.15) is 0 Å². The number of benzene rings is 2. The summed E-state index contributed by atoms with van der Waals surface area (Å²) in [5.41, 5.74) is 1.38. The minimum atomic E-state index is -0.132. The Kier molecular flexibility index (Phi) is 7.49. The van der Waals surface area contributed by atoms with Crippen molar-refractivity contribution in [3.05, 3.63) is 48.5 Å². The summed E-state index contributed by atoms with van der Waals surface area (Å²) in [5.74, 6) is 1.17. The number of nitrogens with one attached hydrogen (secondary N) is 2. The third-order valence-corrected chi connectivity index (χ3v) is 3.44. The van der Waals surface area contributed by atoms with Crippen molar-refractivity contribution in [1.82, 2.24) is 0 Å². The second-order valence-corrected chi connectivity index (χ2v) is 5.64. The fourth-order valence-electron chi connectivity index (χ4n) is 2.32. The Hall–Kier alpha value is -3.02. The van der Waals surface area contributed by atoms with Gasteiger partial charge in [-0.1, -0.05) is 12.1 Å². The van der Waals surface area contributed by atoms with Crippen LogP contribution in [0.2, 0.25) is 0 Å². The van der Waals surface area contributed by atoms with Crippen LogP contribution in [-0.4, -0.2) is 25.0 Å². The van der Waals surface area contributed by atoms with Gasteiger partial charge >= 0.3 is 0 Å². The maximum Gasteiger partial charge on any atom is 0.224 e. The van der Waals surface area contributed by atoms with Gasteiger partial charge in [0.1, 0.15) is 0 Å². The van der Waals surface area contributed by atoms with E-state index in [1.165, 1.54) is 6.92 Å². The van der Waals surface area contributed by atoms with Gasteiger partial charge in [0.15, 0.2) is 11.5 Å². The minimum Gasteiger partial charge on any atom is -0.490 e. The Morgan fingerprint density at radius 1 is 0.885 bits per heavy atom. The zero-order valence-corrected chi connectivity index (χ0v) is 15.1. The Labute approximate surface area is 153 Å². The zero-order valence-electron chi connectivity index (χ0n) is 15.1. The quantitative estimate of drug-likeness (QED) is 0.669. The first-order valence-electron chi connectivity index (χ1n) is 8.60. The van der Waals surface area contributed by atoms with E-state index in [1.54, 1.807) is 24.3 Å². The first-order valence-corrected chi connectivity index (χ1v) is 8.60. The summed E-state index contributed by atoms with van der Waals surface area (Å²) < 4.78 is 11.2. The molecule has 2 N–H and O–H groups in total. The molecule has 0 bridgehead atoms. The summed E-state index contributed by atoms with van der Waals surface area (Å²) in [7, 11) is 0. The van der Waals surface area contributed by atoms with Gasteiger partial charge in [0.25, 0.3) is 0 Å². The highest BCUT2D eigenvalue weighted by Crippen LogP contribution is 2.26. The van der Waals surface area contributed by atoms with E-state index in [0.717, 1.165) is 0 Å². The van der Waals surface area contributed by atoms with Crippen LogP contribution in [0.5, 0.6) is 11.5 Å². The molecule has 0 aliphatic heterocycles. The average molecular weight is 356 g/mol. The number of para-hydroxylation sites is 2. The third-order valence-electron chi connectivity index (χ3n) is 3.44. The lowest BCUT2D eigenvalue weighted by Crippen LogP contribution is -2.13. The van der Waals surface area contributed by atoms with Crippen LogP contribution < -0.4 is 20.1 Å². The number of rotatable bonds is 9. The summed E-state index contributed by atoms with van der Waals surface area (Å²) in [4.78, 5) is 23.0. The maximum absolute atomic E-state index is 12.0. The van der Waals surface area contributed by atoms with E-state index in [9.17, 15) is 9.59 Å².